The molecule has 0 aliphatic rings. The van der Waals surface area contributed by atoms with E-state index < -0.39 is 11.0 Å². The summed E-state index contributed by atoms with van der Waals surface area (Å²) in [6.07, 6.45) is 0. The summed E-state index contributed by atoms with van der Waals surface area (Å²) < 4.78 is 0. The Hall–Kier alpha value is -1.66. The molecule has 0 heterocycles. The van der Waals surface area contributed by atoms with Gasteiger partial charge in [0.2, 0.25) is 0 Å². The minimum absolute atomic E-state index is 0.212. The van der Waals surface area contributed by atoms with Gasteiger partial charge >= 0.3 is 0 Å². The van der Waals surface area contributed by atoms with Crippen molar-refractivity contribution < 1.29 is 15.1 Å². The van der Waals surface area contributed by atoms with Crippen LogP contribution in [0.1, 0.15) is 11.6 Å². The van der Waals surface area contributed by atoms with Crippen LogP contribution >= 0.6 is 0 Å². The van der Waals surface area contributed by atoms with E-state index in [1.807, 2.05) is 0 Å². The third-order valence-electron chi connectivity index (χ3n) is 1.82. The number of hydrogen-bond acceptors (Lipinski definition) is 5. The molecule has 6 heteroatoms. The number of aliphatic hydroxyl groups is 1. The quantitative estimate of drug-likeness (QED) is 0.477. The van der Waals surface area contributed by atoms with E-state index in [0.29, 0.717) is 0 Å². The van der Waals surface area contributed by atoms with Crippen molar-refractivity contribution in [3.8, 4) is 5.75 Å². The zero-order valence-electron chi connectivity index (χ0n) is 7.25. The zero-order chi connectivity index (χ0) is 10.7. The number of phenolic OH excluding ortho intramolecular Hbond substituents is 1. The van der Waals surface area contributed by atoms with Crippen molar-refractivity contribution in [1.82, 2.24) is 0 Å². The normalized spacial score (nSPS) is 12.4. The number of aromatic hydroxyl groups is 1. The summed E-state index contributed by atoms with van der Waals surface area (Å²) in [6, 6.07) is 2.83. The second kappa shape index (κ2) is 4.03. The Morgan fingerprint density at radius 1 is 1.57 bits per heavy atom. The maximum absolute atomic E-state index is 10.3. The molecular weight excluding hydrogens is 188 g/mol. The van der Waals surface area contributed by atoms with Gasteiger partial charge in [-0.3, -0.25) is 10.1 Å². The molecule has 0 radical (unpaired) electrons. The molecule has 1 aromatic rings. The molecule has 1 unspecified atom stereocenters. The van der Waals surface area contributed by atoms with E-state index in [-0.39, 0.29) is 23.6 Å². The molecule has 76 valence electrons. The summed E-state index contributed by atoms with van der Waals surface area (Å²) in [5.74, 6) is -0.277. The Labute approximate surface area is 79.7 Å². The van der Waals surface area contributed by atoms with Gasteiger partial charge in [-0.05, 0) is 6.07 Å². The van der Waals surface area contributed by atoms with Crippen LogP contribution in [-0.4, -0.2) is 21.7 Å². The smallest absolute Gasteiger partial charge is 0.273 e. The summed E-state index contributed by atoms with van der Waals surface area (Å²) in [4.78, 5) is 9.70. The van der Waals surface area contributed by atoms with Crippen LogP contribution in [0.15, 0.2) is 18.2 Å². The third kappa shape index (κ3) is 1.98. The van der Waals surface area contributed by atoms with E-state index in [0.717, 1.165) is 6.07 Å². The minimum Gasteiger partial charge on any atom is -0.507 e. The Balaban J connectivity index is 3.07. The van der Waals surface area contributed by atoms with Crippen LogP contribution in [0.3, 0.4) is 0 Å². The first-order valence-corrected chi connectivity index (χ1v) is 3.90. The summed E-state index contributed by atoms with van der Waals surface area (Å²) in [5, 5.41) is 28.4. The standard InChI is InChI=1S/C8H10N2O4/c9-7(4-11)6-2-1-5(10(13)14)3-8(6)12/h1-3,7,11-12H,4,9H2. The second-order valence-electron chi connectivity index (χ2n) is 2.79. The van der Waals surface area contributed by atoms with Crippen molar-refractivity contribution in [3.05, 3.63) is 33.9 Å². The largest absolute Gasteiger partial charge is 0.507 e. The summed E-state index contributed by atoms with van der Waals surface area (Å²) in [6.45, 7) is -0.328. The summed E-state index contributed by atoms with van der Waals surface area (Å²) >= 11 is 0. The topological polar surface area (TPSA) is 110 Å². The predicted octanol–water partition coefficient (Wildman–Crippen LogP) is 0.292. The molecule has 1 rings (SSSR count). The highest BCUT2D eigenvalue weighted by Crippen LogP contribution is 2.26. The Bertz CT molecular complexity index is 353. The molecule has 14 heavy (non-hydrogen) atoms. The Morgan fingerprint density at radius 2 is 2.21 bits per heavy atom. The number of benzene rings is 1. The lowest BCUT2D eigenvalue weighted by Gasteiger charge is -2.09. The second-order valence-corrected chi connectivity index (χ2v) is 2.79. The van der Waals surface area contributed by atoms with Gasteiger partial charge in [0.15, 0.2) is 0 Å². The van der Waals surface area contributed by atoms with Gasteiger partial charge in [-0.2, -0.15) is 0 Å². The highest BCUT2D eigenvalue weighted by atomic mass is 16.6. The first kappa shape index (κ1) is 10.4. The fraction of sp³-hybridized carbons (Fsp3) is 0.250. The van der Waals surface area contributed by atoms with Crippen LogP contribution in [0.2, 0.25) is 0 Å². The highest BCUT2D eigenvalue weighted by Gasteiger charge is 2.14. The lowest BCUT2D eigenvalue weighted by atomic mass is 10.1. The van der Waals surface area contributed by atoms with Gasteiger partial charge in [-0.1, -0.05) is 0 Å². The van der Waals surface area contributed by atoms with Crippen molar-refractivity contribution >= 4 is 5.69 Å². The van der Waals surface area contributed by atoms with Crippen LogP contribution in [0.4, 0.5) is 5.69 Å². The van der Waals surface area contributed by atoms with E-state index in [2.05, 4.69) is 0 Å². The van der Waals surface area contributed by atoms with Crippen molar-refractivity contribution in [2.24, 2.45) is 5.73 Å². The van der Waals surface area contributed by atoms with Crippen molar-refractivity contribution in [2.75, 3.05) is 6.61 Å². The third-order valence-corrected chi connectivity index (χ3v) is 1.82. The molecule has 0 spiro atoms. The van der Waals surface area contributed by atoms with Crippen molar-refractivity contribution in [3.63, 3.8) is 0 Å². The van der Waals surface area contributed by atoms with Crippen LogP contribution in [0.5, 0.6) is 5.75 Å². The predicted molar refractivity (Wildman–Crippen MR) is 48.8 cm³/mol. The number of nitro groups is 1. The number of nitrogens with two attached hydrogens (primary N) is 1. The molecule has 0 saturated carbocycles. The minimum atomic E-state index is -0.726. The van der Waals surface area contributed by atoms with Crippen LogP contribution < -0.4 is 5.73 Å². The van der Waals surface area contributed by atoms with E-state index in [1.54, 1.807) is 0 Å². The number of phenols is 1. The number of hydrogen-bond donors (Lipinski definition) is 3. The SMILES string of the molecule is NC(CO)c1ccc([N+](=O)[O-])cc1O. The first-order valence-electron chi connectivity index (χ1n) is 3.90. The van der Waals surface area contributed by atoms with E-state index in [9.17, 15) is 15.2 Å². The fourth-order valence-corrected chi connectivity index (χ4v) is 1.06. The monoisotopic (exact) mass is 198 g/mol. The average molecular weight is 198 g/mol. The molecule has 0 amide bonds. The van der Waals surface area contributed by atoms with Gasteiger partial charge in [0.05, 0.1) is 23.6 Å². The van der Waals surface area contributed by atoms with E-state index >= 15 is 0 Å². The molecule has 0 aliphatic heterocycles. The maximum atomic E-state index is 10.3. The Morgan fingerprint density at radius 3 is 2.64 bits per heavy atom. The van der Waals surface area contributed by atoms with Gasteiger partial charge < -0.3 is 15.9 Å². The molecule has 6 nitrogen and oxygen atoms in total. The Kier molecular flexibility index (Phi) is 3.00. The highest BCUT2D eigenvalue weighted by molar-refractivity contribution is 5.44. The van der Waals surface area contributed by atoms with Crippen LogP contribution in [-0.2, 0) is 0 Å². The van der Waals surface area contributed by atoms with Gasteiger partial charge in [0.1, 0.15) is 5.75 Å². The van der Waals surface area contributed by atoms with Gasteiger partial charge in [-0.15, -0.1) is 0 Å². The number of nitrogens with zero attached hydrogens (tertiary/aromatic N) is 1. The fourth-order valence-electron chi connectivity index (χ4n) is 1.06. The van der Waals surface area contributed by atoms with Gasteiger partial charge in [-0.25, -0.2) is 0 Å². The number of aliphatic hydroxyl groups excluding tert-OH is 1. The number of rotatable bonds is 3. The molecule has 1 atom stereocenters. The average Bonchev–Trinajstić information content (AvgIpc) is 2.16. The van der Waals surface area contributed by atoms with E-state index in [4.69, 9.17) is 10.8 Å². The number of non-ortho nitro benzene ring substituents is 1. The molecule has 0 saturated heterocycles. The molecule has 4 N–H and O–H groups in total. The lowest BCUT2D eigenvalue weighted by Crippen LogP contribution is -2.14. The summed E-state index contributed by atoms with van der Waals surface area (Å²) in [7, 11) is 0. The number of nitro benzene ring substituents is 1. The maximum Gasteiger partial charge on any atom is 0.273 e. The van der Waals surface area contributed by atoms with Crippen molar-refractivity contribution in [2.45, 2.75) is 6.04 Å². The zero-order valence-corrected chi connectivity index (χ0v) is 7.25. The molecule has 0 fully saturated rings. The van der Waals surface area contributed by atoms with Gasteiger partial charge in [0.25, 0.3) is 5.69 Å². The summed E-state index contributed by atoms with van der Waals surface area (Å²) in [5.41, 5.74) is 5.52. The molecule has 0 aromatic heterocycles. The van der Waals surface area contributed by atoms with E-state index in [1.165, 1.54) is 12.1 Å². The van der Waals surface area contributed by atoms with Crippen molar-refractivity contribution in [1.29, 1.82) is 0 Å². The molecule has 1 aromatic carbocycles. The lowest BCUT2D eigenvalue weighted by molar-refractivity contribution is -0.384. The van der Waals surface area contributed by atoms with Crippen LogP contribution in [0, 0.1) is 10.1 Å². The van der Waals surface area contributed by atoms with Crippen LogP contribution in [0.25, 0.3) is 0 Å². The molecule has 0 bridgehead atoms. The van der Waals surface area contributed by atoms with Gasteiger partial charge in [0, 0.05) is 11.6 Å². The first-order chi connectivity index (χ1) is 6.56. The molecule has 0 aliphatic carbocycles. The molecular formula is C8H10N2O4.